The maximum atomic E-state index is 12.3. The number of ether oxygens (including phenoxy) is 1. The predicted octanol–water partition coefficient (Wildman–Crippen LogP) is 1.02. The van der Waals surface area contributed by atoms with Crippen molar-refractivity contribution in [1.82, 2.24) is 20.4 Å². The number of aromatic nitrogens is 2. The number of hydrazone groups is 1. The Labute approximate surface area is 174 Å². The van der Waals surface area contributed by atoms with E-state index in [0.717, 1.165) is 24.1 Å². The smallest absolute Gasteiger partial charge is 0.410 e. The molecule has 1 aliphatic heterocycles. The molecule has 158 valence electrons. The molecular weight excluding hydrogens is 384 g/mol. The van der Waals surface area contributed by atoms with Gasteiger partial charge in [0.25, 0.3) is 0 Å². The van der Waals surface area contributed by atoms with Gasteiger partial charge in [0.05, 0.1) is 25.4 Å². The summed E-state index contributed by atoms with van der Waals surface area (Å²) >= 11 is 0. The first-order valence-electron chi connectivity index (χ1n) is 10.00. The van der Waals surface area contributed by atoms with Crippen molar-refractivity contribution in [3.63, 3.8) is 0 Å². The van der Waals surface area contributed by atoms with Gasteiger partial charge in [-0.2, -0.15) is 5.10 Å². The quantitative estimate of drug-likeness (QED) is 0.174. The summed E-state index contributed by atoms with van der Waals surface area (Å²) in [5.41, 5.74) is 12.3. The molecule has 4 rings (SSSR count). The molecular formula is C20H26N8O2. The van der Waals surface area contributed by atoms with E-state index < -0.39 is 0 Å². The summed E-state index contributed by atoms with van der Waals surface area (Å²) in [4.78, 5) is 23.0. The van der Waals surface area contributed by atoms with Gasteiger partial charge in [-0.05, 0) is 30.4 Å². The van der Waals surface area contributed by atoms with Crippen LogP contribution in [-0.4, -0.2) is 39.4 Å². The molecule has 0 bridgehead atoms. The van der Waals surface area contributed by atoms with Crippen LogP contribution in [0.5, 0.6) is 0 Å². The van der Waals surface area contributed by atoms with Crippen LogP contribution in [-0.2, 0) is 30.7 Å². The third-order valence-electron chi connectivity index (χ3n) is 5.31. The number of fused-ring (bicyclic) bond motifs is 2. The Hall–Kier alpha value is -3.40. The van der Waals surface area contributed by atoms with Crippen LogP contribution < -0.4 is 22.4 Å². The number of nitrogens with two attached hydrogens (primary N) is 2. The first-order valence-corrected chi connectivity index (χ1v) is 10.00. The summed E-state index contributed by atoms with van der Waals surface area (Å²) < 4.78 is 5.32. The molecule has 2 heterocycles. The van der Waals surface area contributed by atoms with E-state index in [4.69, 9.17) is 16.3 Å². The van der Waals surface area contributed by atoms with Crippen LogP contribution in [0.1, 0.15) is 35.2 Å². The monoisotopic (exact) mass is 410 g/mol. The maximum absolute atomic E-state index is 12.3. The summed E-state index contributed by atoms with van der Waals surface area (Å²) in [5.74, 6) is 6.02. The van der Waals surface area contributed by atoms with Crippen molar-refractivity contribution in [1.29, 1.82) is 0 Å². The standard InChI is InChI=1S/C20H26N8O2/c21-18(26-27-22)6-3-7-30-20(29)28-11-15-10-23-19(25-17(15)12-28)24-16-8-13-4-1-2-5-14(13)9-16/h1-2,4-5,10,16,27H,3,6-9,11-12,22H2,(H2,21,26)(H,23,24,25). The van der Waals surface area contributed by atoms with Gasteiger partial charge in [-0.1, -0.05) is 24.3 Å². The zero-order valence-electron chi connectivity index (χ0n) is 16.7. The Morgan fingerprint density at radius 3 is 2.73 bits per heavy atom. The van der Waals surface area contributed by atoms with Crippen LogP contribution >= 0.6 is 0 Å². The van der Waals surface area contributed by atoms with Gasteiger partial charge in [-0.25, -0.2) is 26.1 Å². The van der Waals surface area contributed by atoms with E-state index >= 15 is 0 Å². The third kappa shape index (κ3) is 4.60. The van der Waals surface area contributed by atoms with Gasteiger partial charge in [0.15, 0.2) is 0 Å². The normalized spacial score (nSPS) is 15.6. The Balaban J connectivity index is 1.27. The van der Waals surface area contributed by atoms with Crippen molar-refractivity contribution in [2.24, 2.45) is 16.7 Å². The highest BCUT2D eigenvalue weighted by molar-refractivity contribution is 5.79. The van der Waals surface area contributed by atoms with Crippen LogP contribution in [0.25, 0.3) is 0 Å². The Kier molecular flexibility index (Phi) is 5.94. The molecule has 2 aromatic rings. The first kappa shape index (κ1) is 19.9. The van der Waals surface area contributed by atoms with Gasteiger partial charge < -0.3 is 15.8 Å². The Morgan fingerprint density at radius 1 is 1.23 bits per heavy atom. The number of carbonyl (C=O) groups excluding carboxylic acids is 1. The second-order valence-electron chi connectivity index (χ2n) is 7.49. The molecule has 0 saturated heterocycles. The SMILES string of the molecule is NNN=C(N)CCCOC(=O)N1Cc2cnc(NC3Cc4ccccc4C3)nc2C1. The van der Waals surface area contributed by atoms with E-state index in [1.54, 1.807) is 11.1 Å². The van der Waals surface area contributed by atoms with E-state index in [0.29, 0.717) is 37.7 Å². The molecule has 2 aliphatic rings. The average molecular weight is 410 g/mol. The Bertz CT molecular complexity index is 923. The lowest BCUT2D eigenvalue weighted by Crippen LogP contribution is -2.27. The number of amidine groups is 1. The summed E-state index contributed by atoms with van der Waals surface area (Å²) in [6.07, 6.45) is 4.40. The third-order valence-corrected chi connectivity index (χ3v) is 5.31. The van der Waals surface area contributed by atoms with Gasteiger partial charge in [-0.3, -0.25) is 4.90 Å². The molecule has 1 aromatic heterocycles. The summed E-state index contributed by atoms with van der Waals surface area (Å²) in [5, 5.41) is 7.08. The molecule has 30 heavy (non-hydrogen) atoms. The topological polar surface area (TPSA) is 144 Å². The van der Waals surface area contributed by atoms with Crippen molar-refractivity contribution in [2.75, 3.05) is 11.9 Å². The van der Waals surface area contributed by atoms with Crippen LogP contribution in [0.15, 0.2) is 35.6 Å². The van der Waals surface area contributed by atoms with Crippen molar-refractivity contribution in [3.05, 3.63) is 52.8 Å². The molecule has 1 aromatic carbocycles. The van der Waals surface area contributed by atoms with E-state index in [9.17, 15) is 4.79 Å². The minimum absolute atomic E-state index is 0.257. The predicted molar refractivity (Wildman–Crippen MR) is 112 cm³/mol. The molecule has 0 atom stereocenters. The van der Waals surface area contributed by atoms with Crippen LogP contribution in [0.2, 0.25) is 0 Å². The molecule has 1 amide bonds. The van der Waals surface area contributed by atoms with Crippen LogP contribution in [0.3, 0.4) is 0 Å². The zero-order chi connectivity index (χ0) is 20.9. The fourth-order valence-electron chi connectivity index (χ4n) is 3.84. The summed E-state index contributed by atoms with van der Waals surface area (Å²) in [6.45, 7) is 1.12. The Morgan fingerprint density at radius 2 is 2.00 bits per heavy atom. The number of hydrogen-bond acceptors (Lipinski definition) is 8. The highest BCUT2D eigenvalue weighted by atomic mass is 16.6. The number of amides is 1. The minimum atomic E-state index is -0.374. The maximum Gasteiger partial charge on any atom is 0.410 e. The number of hydrogen-bond donors (Lipinski definition) is 4. The van der Waals surface area contributed by atoms with Crippen molar-refractivity contribution < 1.29 is 9.53 Å². The van der Waals surface area contributed by atoms with Gasteiger partial charge in [-0.15, -0.1) is 0 Å². The number of carbonyl (C=O) groups is 1. The van der Waals surface area contributed by atoms with Gasteiger partial charge in [0.2, 0.25) is 5.95 Å². The molecule has 0 radical (unpaired) electrons. The molecule has 0 fully saturated rings. The van der Waals surface area contributed by atoms with E-state index in [1.165, 1.54) is 11.1 Å². The molecule has 10 heteroatoms. The number of hydrazine groups is 1. The zero-order valence-corrected chi connectivity index (χ0v) is 16.7. The molecule has 0 saturated carbocycles. The fourth-order valence-corrected chi connectivity index (χ4v) is 3.84. The highest BCUT2D eigenvalue weighted by Crippen LogP contribution is 2.25. The molecule has 10 nitrogen and oxygen atoms in total. The molecule has 1 aliphatic carbocycles. The first-order chi connectivity index (χ1) is 14.6. The second kappa shape index (κ2) is 8.95. The van der Waals surface area contributed by atoms with Crippen LogP contribution in [0, 0.1) is 0 Å². The summed E-state index contributed by atoms with van der Waals surface area (Å²) in [7, 11) is 0. The lowest BCUT2D eigenvalue weighted by molar-refractivity contribution is 0.101. The molecule has 0 spiro atoms. The largest absolute Gasteiger partial charge is 0.449 e. The van der Waals surface area contributed by atoms with E-state index in [1.807, 2.05) is 0 Å². The van der Waals surface area contributed by atoms with Crippen LogP contribution in [0.4, 0.5) is 10.7 Å². The van der Waals surface area contributed by atoms with Gasteiger partial charge in [0, 0.05) is 24.2 Å². The minimum Gasteiger partial charge on any atom is -0.449 e. The van der Waals surface area contributed by atoms with Crippen molar-refractivity contribution in [3.8, 4) is 0 Å². The number of nitrogens with one attached hydrogen (secondary N) is 2. The second-order valence-corrected chi connectivity index (χ2v) is 7.49. The molecule has 0 unspecified atom stereocenters. The number of nitrogens with zero attached hydrogens (tertiary/aromatic N) is 4. The van der Waals surface area contributed by atoms with E-state index in [-0.39, 0.29) is 18.7 Å². The van der Waals surface area contributed by atoms with Crippen molar-refractivity contribution >= 4 is 17.9 Å². The molecule has 6 N–H and O–H groups in total. The average Bonchev–Trinajstić information content (AvgIpc) is 3.34. The summed E-state index contributed by atoms with van der Waals surface area (Å²) in [6, 6.07) is 8.76. The van der Waals surface area contributed by atoms with Gasteiger partial charge >= 0.3 is 6.09 Å². The fraction of sp³-hybridized carbons (Fsp3) is 0.400. The van der Waals surface area contributed by atoms with E-state index in [2.05, 4.69) is 50.2 Å². The number of anilines is 1. The number of rotatable bonds is 7. The lowest BCUT2D eigenvalue weighted by Gasteiger charge is -2.14. The van der Waals surface area contributed by atoms with Crippen molar-refractivity contribution in [2.45, 2.75) is 44.8 Å². The van der Waals surface area contributed by atoms with Gasteiger partial charge in [0.1, 0.15) is 5.84 Å². The number of benzene rings is 1. The highest BCUT2D eigenvalue weighted by Gasteiger charge is 2.27. The lowest BCUT2D eigenvalue weighted by atomic mass is 10.1.